The molecule has 13 heavy (non-hydrogen) atoms. The third-order valence-electron chi connectivity index (χ3n) is 1.92. The standard InChI is InChI=1S/C8H13N3OS/c1-5-6(2)13-4-7(5)3-10-8(9)11-12/h4,12H,3H2,1-2H3,(H3,9,10,11). The molecule has 4 nitrogen and oxygen atoms in total. The van der Waals surface area contributed by atoms with Gasteiger partial charge >= 0.3 is 0 Å². The van der Waals surface area contributed by atoms with Gasteiger partial charge in [-0.15, -0.1) is 11.3 Å². The van der Waals surface area contributed by atoms with Crippen molar-refractivity contribution in [1.82, 2.24) is 5.48 Å². The van der Waals surface area contributed by atoms with Crippen LogP contribution in [0.2, 0.25) is 0 Å². The summed E-state index contributed by atoms with van der Waals surface area (Å²) >= 11 is 1.70. The van der Waals surface area contributed by atoms with Crippen molar-refractivity contribution in [3.63, 3.8) is 0 Å². The lowest BCUT2D eigenvalue weighted by Crippen LogP contribution is -2.28. The van der Waals surface area contributed by atoms with E-state index in [1.165, 1.54) is 10.4 Å². The van der Waals surface area contributed by atoms with E-state index in [9.17, 15) is 0 Å². The minimum absolute atomic E-state index is 0.0447. The van der Waals surface area contributed by atoms with Gasteiger partial charge in [0.15, 0.2) is 0 Å². The van der Waals surface area contributed by atoms with Crippen molar-refractivity contribution < 1.29 is 5.21 Å². The van der Waals surface area contributed by atoms with Crippen molar-refractivity contribution in [3.05, 3.63) is 21.4 Å². The number of nitrogens with two attached hydrogens (primary N) is 1. The first-order valence-corrected chi connectivity index (χ1v) is 4.76. The minimum Gasteiger partial charge on any atom is -0.368 e. The van der Waals surface area contributed by atoms with Crippen LogP contribution in [0.5, 0.6) is 0 Å². The fourth-order valence-corrected chi connectivity index (χ4v) is 1.80. The number of aryl methyl sites for hydroxylation is 1. The zero-order chi connectivity index (χ0) is 9.84. The largest absolute Gasteiger partial charge is 0.368 e. The normalized spacial score (nSPS) is 11.8. The molecule has 4 N–H and O–H groups in total. The third kappa shape index (κ3) is 2.43. The number of rotatable bonds is 2. The maximum Gasteiger partial charge on any atom is 0.213 e. The number of thiophene rings is 1. The Labute approximate surface area is 81.1 Å². The van der Waals surface area contributed by atoms with Crippen molar-refractivity contribution in [2.24, 2.45) is 10.7 Å². The molecule has 0 spiro atoms. The van der Waals surface area contributed by atoms with Gasteiger partial charge in [0.1, 0.15) is 0 Å². The fraction of sp³-hybridized carbons (Fsp3) is 0.375. The lowest BCUT2D eigenvalue weighted by atomic mass is 10.2. The molecule has 0 aromatic carbocycles. The highest BCUT2D eigenvalue weighted by Gasteiger charge is 2.02. The van der Waals surface area contributed by atoms with Crippen LogP contribution in [-0.2, 0) is 6.54 Å². The van der Waals surface area contributed by atoms with Crippen LogP contribution in [-0.4, -0.2) is 11.2 Å². The van der Waals surface area contributed by atoms with Crippen LogP contribution < -0.4 is 11.2 Å². The third-order valence-corrected chi connectivity index (χ3v) is 2.98. The van der Waals surface area contributed by atoms with Gasteiger partial charge in [-0.1, -0.05) is 0 Å². The van der Waals surface area contributed by atoms with Gasteiger partial charge in [0.25, 0.3) is 0 Å². The molecule has 0 saturated heterocycles. The molecule has 1 aromatic rings. The Morgan fingerprint density at radius 2 is 2.38 bits per heavy atom. The Kier molecular flexibility index (Phi) is 3.27. The van der Waals surface area contributed by atoms with E-state index in [4.69, 9.17) is 10.9 Å². The van der Waals surface area contributed by atoms with Crippen LogP contribution in [0, 0.1) is 13.8 Å². The van der Waals surface area contributed by atoms with Crippen LogP contribution in [0.1, 0.15) is 16.0 Å². The summed E-state index contributed by atoms with van der Waals surface area (Å²) in [7, 11) is 0. The summed E-state index contributed by atoms with van der Waals surface area (Å²) in [5.41, 5.74) is 9.47. The van der Waals surface area contributed by atoms with E-state index >= 15 is 0 Å². The SMILES string of the molecule is Cc1scc(CN=C(N)NO)c1C. The molecule has 0 bridgehead atoms. The predicted octanol–water partition coefficient (Wildman–Crippen LogP) is 1.16. The monoisotopic (exact) mass is 199 g/mol. The topological polar surface area (TPSA) is 70.6 Å². The molecule has 0 aliphatic heterocycles. The van der Waals surface area contributed by atoms with Gasteiger partial charge < -0.3 is 5.73 Å². The van der Waals surface area contributed by atoms with Crippen LogP contribution in [0.3, 0.4) is 0 Å². The van der Waals surface area contributed by atoms with Crippen LogP contribution in [0.15, 0.2) is 10.4 Å². The van der Waals surface area contributed by atoms with Crippen molar-refractivity contribution >= 4 is 17.3 Å². The van der Waals surface area contributed by atoms with Gasteiger partial charge in [-0.05, 0) is 30.4 Å². The van der Waals surface area contributed by atoms with Crippen LogP contribution in [0.4, 0.5) is 0 Å². The molecule has 0 aliphatic rings. The van der Waals surface area contributed by atoms with E-state index in [0.29, 0.717) is 6.54 Å². The Bertz CT molecular complexity index is 319. The summed E-state index contributed by atoms with van der Waals surface area (Å²) < 4.78 is 0. The molecule has 0 amide bonds. The molecule has 72 valence electrons. The van der Waals surface area contributed by atoms with E-state index in [0.717, 1.165) is 5.56 Å². The first-order chi connectivity index (χ1) is 6.15. The number of nitrogens with zero attached hydrogens (tertiary/aromatic N) is 1. The molecule has 0 unspecified atom stereocenters. The highest BCUT2D eigenvalue weighted by atomic mass is 32.1. The first kappa shape index (κ1) is 10.0. The molecule has 1 heterocycles. The summed E-state index contributed by atoms with van der Waals surface area (Å²) in [4.78, 5) is 5.22. The maximum atomic E-state index is 8.38. The summed E-state index contributed by atoms with van der Waals surface area (Å²) in [6.45, 7) is 4.63. The second kappa shape index (κ2) is 4.25. The average molecular weight is 199 g/mol. The van der Waals surface area contributed by atoms with Gasteiger partial charge in [0, 0.05) is 4.88 Å². The molecule has 1 rings (SSSR count). The van der Waals surface area contributed by atoms with Crippen molar-refractivity contribution in [2.45, 2.75) is 20.4 Å². The zero-order valence-electron chi connectivity index (χ0n) is 7.66. The lowest BCUT2D eigenvalue weighted by Gasteiger charge is -1.98. The average Bonchev–Trinajstić information content (AvgIpc) is 2.44. The molecule has 0 aliphatic carbocycles. The summed E-state index contributed by atoms with van der Waals surface area (Å²) in [5, 5.41) is 10.4. The van der Waals surface area contributed by atoms with E-state index < -0.39 is 0 Å². The second-order valence-corrected chi connectivity index (χ2v) is 3.84. The zero-order valence-corrected chi connectivity index (χ0v) is 8.48. The lowest BCUT2D eigenvalue weighted by molar-refractivity contribution is 0.232. The molecule has 0 fully saturated rings. The van der Waals surface area contributed by atoms with Gasteiger partial charge in [-0.25, -0.2) is 10.5 Å². The van der Waals surface area contributed by atoms with Crippen molar-refractivity contribution in [2.75, 3.05) is 0 Å². The number of nitrogens with one attached hydrogen (secondary N) is 1. The molecule has 5 heteroatoms. The molecular formula is C8H13N3OS. The molecule has 0 atom stereocenters. The van der Waals surface area contributed by atoms with Crippen LogP contribution >= 0.6 is 11.3 Å². The van der Waals surface area contributed by atoms with Crippen LogP contribution in [0.25, 0.3) is 0 Å². The van der Waals surface area contributed by atoms with Gasteiger partial charge in [-0.2, -0.15) is 0 Å². The van der Waals surface area contributed by atoms with Gasteiger partial charge in [-0.3, -0.25) is 5.21 Å². The fourth-order valence-electron chi connectivity index (χ4n) is 0.924. The number of aliphatic imine (C=N–C) groups is 1. The Balaban J connectivity index is 2.70. The van der Waals surface area contributed by atoms with Gasteiger partial charge in [0.05, 0.1) is 6.54 Å². The summed E-state index contributed by atoms with van der Waals surface area (Å²) in [6.07, 6.45) is 0. The first-order valence-electron chi connectivity index (χ1n) is 3.88. The highest BCUT2D eigenvalue weighted by molar-refractivity contribution is 7.10. The Morgan fingerprint density at radius 3 is 2.85 bits per heavy atom. The van der Waals surface area contributed by atoms with Crippen molar-refractivity contribution in [3.8, 4) is 0 Å². The van der Waals surface area contributed by atoms with E-state index in [1.807, 2.05) is 0 Å². The molecule has 0 radical (unpaired) electrons. The Morgan fingerprint density at radius 1 is 1.69 bits per heavy atom. The Hall–Kier alpha value is -1.07. The van der Waals surface area contributed by atoms with E-state index in [-0.39, 0.29) is 5.96 Å². The number of hydrogen-bond donors (Lipinski definition) is 3. The predicted molar refractivity (Wildman–Crippen MR) is 54.0 cm³/mol. The quantitative estimate of drug-likeness (QED) is 0.380. The maximum absolute atomic E-state index is 8.38. The number of hydroxylamine groups is 1. The molecule has 1 aromatic heterocycles. The molecular weight excluding hydrogens is 186 g/mol. The second-order valence-electron chi connectivity index (χ2n) is 2.76. The van der Waals surface area contributed by atoms with E-state index in [1.54, 1.807) is 16.8 Å². The van der Waals surface area contributed by atoms with Crippen molar-refractivity contribution in [1.29, 1.82) is 0 Å². The number of guanidine groups is 1. The van der Waals surface area contributed by atoms with E-state index in [2.05, 4.69) is 24.2 Å². The molecule has 0 saturated carbocycles. The summed E-state index contributed by atoms with van der Waals surface area (Å²) in [6, 6.07) is 0. The minimum atomic E-state index is 0.0447. The number of hydrogen-bond acceptors (Lipinski definition) is 3. The smallest absolute Gasteiger partial charge is 0.213 e. The van der Waals surface area contributed by atoms with Gasteiger partial charge in [0.2, 0.25) is 5.96 Å². The highest BCUT2D eigenvalue weighted by Crippen LogP contribution is 2.20. The summed E-state index contributed by atoms with van der Waals surface area (Å²) in [5.74, 6) is 0.0447.